The molecule has 1 atom stereocenters. The molecule has 25 heavy (non-hydrogen) atoms. The van der Waals surface area contributed by atoms with Crippen LogP contribution in [0.2, 0.25) is 0 Å². The van der Waals surface area contributed by atoms with Crippen LogP contribution in [0.4, 0.5) is 0 Å². The number of methoxy groups -OCH3 is 1. The number of carbonyl (C=O) groups excluding carboxylic acids is 1. The van der Waals surface area contributed by atoms with Crippen LogP contribution in [0.25, 0.3) is 0 Å². The summed E-state index contributed by atoms with van der Waals surface area (Å²) in [6, 6.07) is 5.59. The summed E-state index contributed by atoms with van der Waals surface area (Å²) in [5.41, 5.74) is 1.18. The van der Waals surface area contributed by atoms with Gasteiger partial charge in [0.05, 0.1) is 19.4 Å². The Hall–Kier alpha value is -2.67. The van der Waals surface area contributed by atoms with E-state index in [0.717, 1.165) is 25.0 Å². The van der Waals surface area contributed by atoms with Crippen molar-refractivity contribution < 1.29 is 19.0 Å². The third-order valence-corrected chi connectivity index (χ3v) is 3.93. The van der Waals surface area contributed by atoms with E-state index in [1.54, 1.807) is 7.11 Å². The highest BCUT2D eigenvalue weighted by Crippen LogP contribution is 2.29. The summed E-state index contributed by atoms with van der Waals surface area (Å²) >= 11 is 0. The molecule has 7 nitrogen and oxygen atoms in total. The lowest BCUT2D eigenvalue weighted by Crippen LogP contribution is -2.23. The number of ether oxygens (including phenoxy) is 3. The van der Waals surface area contributed by atoms with Gasteiger partial charge in [0, 0.05) is 25.5 Å². The Bertz CT molecular complexity index is 703. The van der Waals surface area contributed by atoms with Crippen LogP contribution in [-0.4, -0.2) is 42.3 Å². The number of benzene rings is 1. The zero-order valence-electron chi connectivity index (χ0n) is 14.1. The maximum absolute atomic E-state index is 12.0. The second kappa shape index (κ2) is 8.43. The minimum atomic E-state index is -0.272. The largest absolute Gasteiger partial charge is 0.493 e. The Kier molecular flexibility index (Phi) is 5.79. The molecule has 0 saturated carbocycles. The van der Waals surface area contributed by atoms with Gasteiger partial charge < -0.3 is 19.5 Å². The van der Waals surface area contributed by atoms with Crippen LogP contribution in [-0.2, 0) is 11.3 Å². The normalized spacial score (nSPS) is 16.4. The van der Waals surface area contributed by atoms with Gasteiger partial charge in [-0.3, -0.25) is 9.78 Å². The van der Waals surface area contributed by atoms with E-state index in [1.807, 2.05) is 18.2 Å². The van der Waals surface area contributed by atoms with Gasteiger partial charge in [0.1, 0.15) is 12.3 Å². The lowest BCUT2D eigenvalue weighted by Gasteiger charge is -2.15. The number of hydrogen-bond donors (Lipinski definition) is 1. The Morgan fingerprint density at radius 1 is 1.36 bits per heavy atom. The van der Waals surface area contributed by atoms with Gasteiger partial charge in [-0.25, -0.2) is 4.98 Å². The number of hydrogen-bond acceptors (Lipinski definition) is 6. The van der Waals surface area contributed by atoms with Crippen molar-refractivity contribution in [1.82, 2.24) is 15.3 Å². The first-order valence-corrected chi connectivity index (χ1v) is 8.22. The highest BCUT2D eigenvalue weighted by atomic mass is 16.5. The van der Waals surface area contributed by atoms with Gasteiger partial charge in [-0.2, -0.15) is 0 Å². The fraction of sp³-hybridized carbons (Fsp3) is 0.389. The predicted molar refractivity (Wildman–Crippen MR) is 90.7 cm³/mol. The topological polar surface area (TPSA) is 82.6 Å². The van der Waals surface area contributed by atoms with Crippen molar-refractivity contribution in [3.8, 4) is 11.5 Å². The summed E-state index contributed by atoms with van der Waals surface area (Å²) in [5.74, 6) is 1.03. The monoisotopic (exact) mass is 343 g/mol. The van der Waals surface area contributed by atoms with Crippen molar-refractivity contribution in [2.45, 2.75) is 25.5 Å². The van der Waals surface area contributed by atoms with E-state index in [2.05, 4.69) is 15.3 Å². The standard InChI is InChI=1S/C18H21N3O4/c1-23-17-9-13(10-21-18(22)15-11-19-6-7-20-15)4-5-16(17)25-12-14-3-2-8-24-14/h4-7,9,11,14H,2-3,8,10,12H2,1H3,(H,21,22). The summed E-state index contributed by atoms with van der Waals surface area (Å²) in [6.07, 6.45) is 6.69. The molecule has 1 aliphatic rings. The van der Waals surface area contributed by atoms with Gasteiger partial charge in [-0.15, -0.1) is 0 Å². The zero-order chi connectivity index (χ0) is 17.5. The average Bonchev–Trinajstić information content (AvgIpc) is 3.19. The van der Waals surface area contributed by atoms with Crippen molar-refractivity contribution in [2.75, 3.05) is 20.3 Å². The molecule has 1 N–H and O–H groups in total. The van der Waals surface area contributed by atoms with Crippen LogP contribution in [0.15, 0.2) is 36.8 Å². The summed E-state index contributed by atoms with van der Waals surface area (Å²) in [5, 5.41) is 2.80. The molecule has 2 aromatic rings. The predicted octanol–water partition coefficient (Wildman–Crippen LogP) is 1.97. The maximum atomic E-state index is 12.0. The van der Waals surface area contributed by atoms with Crippen LogP contribution in [0, 0.1) is 0 Å². The van der Waals surface area contributed by atoms with Crippen molar-refractivity contribution >= 4 is 5.91 Å². The van der Waals surface area contributed by atoms with Gasteiger partial charge in [-0.1, -0.05) is 6.07 Å². The third-order valence-electron chi connectivity index (χ3n) is 3.93. The van der Waals surface area contributed by atoms with Crippen molar-refractivity contribution in [3.05, 3.63) is 48.0 Å². The third kappa shape index (κ3) is 4.67. The molecule has 1 amide bonds. The first-order valence-electron chi connectivity index (χ1n) is 8.22. The van der Waals surface area contributed by atoms with E-state index in [0.29, 0.717) is 24.7 Å². The molecule has 2 heterocycles. The molecular weight excluding hydrogens is 322 g/mol. The summed E-state index contributed by atoms with van der Waals surface area (Å²) < 4.78 is 16.8. The lowest BCUT2D eigenvalue weighted by molar-refractivity contribution is 0.0669. The van der Waals surface area contributed by atoms with Crippen LogP contribution in [0.5, 0.6) is 11.5 Å². The minimum Gasteiger partial charge on any atom is -0.493 e. The minimum absolute atomic E-state index is 0.149. The average molecular weight is 343 g/mol. The molecule has 0 spiro atoms. The van der Waals surface area contributed by atoms with E-state index in [1.165, 1.54) is 18.6 Å². The summed E-state index contributed by atoms with van der Waals surface area (Å²) in [4.78, 5) is 19.9. The molecule has 0 aliphatic carbocycles. The molecule has 132 valence electrons. The smallest absolute Gasteiger partial charge is 0.271 e. The highest BCUT2D eigenvalue weighted by molar-refractivity contribution is 5.91. The van der Waals surface area contributed by atoms with Crippen molar-refractivity contribution in [3.63, 3.8) is 0 Å². The van der Waals surface area contributed by atoms with Crippen LogP contribution >= 0.6 is 0 Å². The SMILES string of the molecule is COc1cc(CNC(=O)c2cnccn2)ccc1OCC1CCCO1. The first kappa shape index (κ1) is 17.2. The molecule has 1 unspecified atom stereocenters. The van der Waals surface area contributed by atoms with E-state index in [-0.39, 0.29) is 17.7 Å². The number of aromatic nitrogens is 2. The van der Waals surface area contributed by atoms with Gasteiger partial charge in [0.25, 0.3) is 5.91 Å². The Morgan fingerprint density at radius 3 is 3.00 bits per heavy atom. The molecule has 3 rings (SSSR count). The van der Waals surface area contributed by atoms with Gasteiger partial charge in [0.15, 0.2) is 11.5 Å². The Morgan fingerprint density at radius 2 is 2.28 bits per heavy atom. The molecule has 0 bridgehead atoms. The fourth-order valence-electron chi connectivity index (χ4n) is 2.59. The lowest BCUT2D eigenvalue weighted by atomic mass is 10.2. The van der Waals surface area contributed by atoms with E-state index in [4.69, 9.17) is 14.2 Å². The number of nitrogens with one attached hydrogen (secondary N) is 1. The Balaban J connectivity index is 1.57. The number of rotatable bonds is 7. The second-order valence-electron chi connectivity index (χ2n) is 5.70. The number of amides is 1. The first-order chi connectivity index (χ1) is 12.3. The highest BCUT2D eigenvalue weighted by Gasteiger charge is 2.17. The number of carbonyl (C=O) groups is 1. The zero-order valence-corrected chi connectivity index (χ0v) is 14.1. The van der Waals surface area contributed by atoms with Crippen LogP contribution in [0.3, 0.4) is 0 Å². The van der Waals surface area contributed by atoms with E-state index >= 15 is 0 Å². The quantitative estimate of drug-likeness (QED) is 0.828. The second-order valence-corrected chi connectivity index (χ2v) is 5.70. The molecule has 1 fully saturated rings. The van der Waals surface area contributed by atoms with E-state index < -0.39 is 0 Å². The summed E-state index contributed by atoms with van der Waals surface area (Å²) in [6.45, 7) is 1.67. The molecule has 0 radical (unpaired) electrons. The molecule has 1 aromatic heterocycles. The van der Waals surface area contributed by atoms with Crippen molar-refractivity contribution in [2.24, 2.45) is 0 Å². The van der Waals surface area contributed by atoms with Gasteiger partial charge in [-0.05, 0) is 30.5 Å². The van der Waals surface area contributed by atoms with Gasteiger partial charge >= 0.3 is 0 Å². The van der Waals surface area contributed by atoms with Gasteiger partial charge in [0.2, 0.25) is 0 Å². The maximum Gasteiger partial charge on any atom is 0.271 e. The fourth-order valence-corrected chi connectivity index (χ4v) is 2.59. The molecule has 1 saturated heterocycles. The van der Waals surface area contributed by atoms with Crippen LogP contribution in [0.1, 0.15) is 28.9 Å². The van der Waals surface area contributed by atoms with Crippen LogP contribution < -0.4 is 14.8 Å². The number of nitrogens with zero attached hydrogens (tertiary/aromatic N) is 2. The van der Waals surface area contributed by atoms with Crippen molar-refractivity contribution in [1.29, 1.82) is 0 Å². The Labute approximate surface area is 146 Å². The van der Waals surface area contributed by atoms with E-state index in [9.17, 15) is 4.79 Å². The molecule has 1 aliphatic heterocycles. The molecular formula is C18H21N3O4. The molecule has 7 heteroatoms. The molecule has 1 aromatic carbocycles. The summed E-state index contributed by atoms with van der Waals surface area (Å²) in [7, 11) is 1.59.